The Morgan fingerprint density at radius 3 is 2.67 bits per heavy atom. The molecule has 3 aromatic rings. The SMILES string of the molecule is COc1ccc(CNC(=O)C(=O)Nc2ccc3nc[nH]c3c2)cc1. The number of rotatable bonds is 4. The molecule has 0 bridgehead atoms. The zero-order valence-electron chi connectivity index (χ0n) is 13.0. The topological polar surface area (TPSA) is 96.1 Å². The monoisotopic (exact) mass is 324 g/mol. The summed E-state index contributed by atoms with van der Waals surface area (Å²) in [5.41, 5.74) is 2.97. The second-order valence-corrected chi connectivity index (χ2v) is 5.12. The molecule has 0 radical (unpaired) electrons. The Balaban J connectivity index is 1.56. The lowest BCUT2D eigenvalue weighted by Gasteiger charge is -2.07. The highest BCUT2D eigenvalue weighted by molar-refractivity contribution is 6.39. The maximum atomic E-state index is 11.9. The lowest BCUT2D eigenvalue weighted by Crippen LogP contribution is -2.34. The van der Waals surface area contributed by atoms with E-state index in [1.54, 1.807) is 43.8 Å². The summed E-state index contributed by atoms with van der Waals surface area (Å²) in [5.74, 6) is -0.685. The van der Waals surface area contributed by atoms with Crippen molar-refractivity contribution >= 4 is 28.5 Å². The van der Waals surface area contributed by atoms with E-state index in [1.165, 1.54) is 0 Å². The van der Waals surface area contributed by atoms with Crippen molar-refractivity contribution in [1.29, 1.82) is 0 Å². The lowest BCUT2D eigenvalue weighted by atomic mass is 10.2. The fourth-order valence-corrected chi connectivity index (χ4v) is 2.21. The number of carbonyl (C=O) groups is 2. The summed E-state index contributed by atoms with van der Waals surface area (Å²) in [6.45, 7) is 0.260. The average Bonchev–Trinajstić information content (AvgIpc) is 3.07. The number of imidazole rings is 1. The number of amides is 2. The van der Waals surface area contributed by atoms with Gasteiger partial charge in [0.05, 0.1) is 24.5 Å². The Morgan fingerprint density at radius 2 is 1.92 bits per heavy atom. The normalized spacial score (nSPS) is 10.4. The van der Waals surface area contributed by atoms with Crippen LogP contribution in [0.25, 0.3) is 11.0 Å². The molecule has 3 N–H and O–H groups in total. The van der Waals surface area contributed by atoms with Crippen LogP contribution >= 0.6 is 0 Å². The van der Waals surface area contributed by atoms with E-state index < -0.39 is 11.8 Å². The van der Waals surface area contributed by atoms with E-state index in [1.807, 2.05) is 12.1 Å². The highest BCUT2D eigenvalue weighted by Gasteiger charge is 2.13. The van der Waals surface area contributed by atoms with Crippen LogP contribution in [0.5, 0.6) is 5.75 Å². The first-order valence-corrected chi connectivity index (χ1v) is 7.31. The van der Waals surface area contributed by atoms with Crippen LogP contribution in [0.1, 0.15) is 5.56 Å². The van der Waals surface area contributed by atoms with E-state index >= 15 is 0 Å². The van der Waals surface area contributed by atoms with Crippen LogP contribution in [0.3, 0.4) is 0 Å². The Labute approximate surface area is 138 Å². The Bertz CT molecular complexity index is 871. The lowest BCUT2D eigenvalue weighted by molar-refractivity contribution is -0.136. The molecule has 0 aliphatic rings. The van der Waals surface area contributed by atoms with E-state index in [-0.39, 0.29) is 6.54 Å². The summed E-state index contributed by atoms with van der Waals surface area (Å²) in [7, 11) is 1.59. The predicted octanol–water partition coefficient (Wildman–Crippen LogP) is 1.83. The highest BCUT2D eigenvalue weighted by atomic mass is 16.5. The zero-order chi connectivity index (χ0) is 16.9. The minimum Gasteiger partial charge on any atom is -0.497 e. The number of ether oxygens (including phenoxy) is 1. The first kappa shape index (κ1) is 15.5. The molecular formula is C17H16N4O3. The molecule has 2 amide bonds. The molecule has 0 aliphatic carbocycles. The van der Waals surface area contributed by atoms with Gasteiger partial charge in [0.1, 0.15) is 5.75 Å². The van der Waals surface area contributed by atoms with Crippen LogP contribution in [0.2, 0.25) is 0 Å². The summed E-state index contributed by atoms with van der Waals surface area (Å²) in [4.78, 5) is 30.9. The van der Waals surface area contributed by atoms with Crippen LogP contribution in [0, 0.1) is 0 Å². The van der Waals surface area contributed by atoms with Gasteiger partial charge in [-0.05, 0) is 35.9 Å². The molecule has 0 spiro atoms. The van der Waals surface area contributed by atoms with Gasteiger partial charge < -0.3 is 20.4 Å². The van der Waals surface area contributed by atoms with Gasteiger partial charge in [0.15, 0.2) is 0 Å². The molecule has 122 valence electrons. The number of H-pyrrole nitrogens is 1. The van der Waals surface area contributed by atoms with Crippen molar-refractivity contribution < 1.29 is 14.3 Å². The fraction of sp³-hybridized carbons (Fsp3) is 0.118. The number of hydrogen-bond donors (Lipinski definition) is 3. The van der Waals surface area contributed by atoms with Crippen LogP contribution in [-0.2, 0) is 16.1 Å². The fourth-order valence-electron chi connectivity index (χ4n) is 2.21. The van der Waals surface area contributed by atoms with Gasteiger partial charge in [-0.25, -0.2) is 4.98 Å². The third-order valence-electron chi connectivity index (χ3n) is 3.50. The minimum atomic E-state index is -0.720. The van der Waals surface area contributed by atoms with Gasteiger partial charge in [0.2, 0.25) is 0 Å². The van der Waals surface area contributed by atoms with E-state index in [4.69, 9.17) is 4.74 Å². The predicted molar refractivity (Wildman–Crippen MR) is 89.6 cm³/mol. The number of aromatic nitrogens is 2. The van der Waals surface area contributed by atoms with E-state index in [9.17, 15) is 9.59 Å². The van der Waals surface area contributed by atoms with Crippen molar-refractivity contribution in [2.24, 2.45) is 0 Å². The minimum absolute atomic E-state index is 0.260. The number of nitrogens with zero attached hydrogens (tertiary/aromatic N) is 1. The second-order valence-electron chi connectivity index (χ2n) is 5.12. The van der Waals surface area contributed by atoms with Crippen molar-refractivity contribution in [3.63, 3.8) is 0 Å². The third-order valence-corrected chi connectivity index (χ3v) is 3.50. The van der Waals surface area contributed by atoms with E-state index in [0.717, 1.165) is 22.3 Å². The third kappa shape index (κ3) is 3.52. The summed E-state index contributed by atoms with van der Waals surface area (Å²) < 4.78 is 5.07. The maximum absolute atomic E-state index is 11.9. The van der Waals surface area contributed by atoms with Crippen LogP contribution in [0.4, 0.5) is 5.69 Å². The maximum Gasteiger partial charge on any atom is 0.313 e. The summed E-state index contributed by atoms with van der Waals surface area (Å²) in [6.07, 6.45) is 1.57. The Kier molecular flexibility index (Phi) is 4.42. The van der Waals surface area contributed by atoms with Gasteiger partial charge in [-0.3, -0.25) is 9.59 Å². The zero-order valence-corrected chi connectivity index (χ0v) is 13.0. The number of hydrogen-bond acceptors (Lipinski definition) is 4. The smallest absolute Gasteiger partial charge is 0.313 e. The molecule has 0 saturated heterocycles. The molecule has 0 unspecified atom stereocenters. The van der Waals surface area contributed by atoms with Crippen molar-refractivity contribution in [3.8, 4) is 5.75 Å². The highest BCUT2D eigenvalue weighted by Crippen LogP contribution is 2.15. The molecule has 3 rings (SSSR count). The van der Waals surface area contributed by atoms with Crippen LogP contribution in [-0.4, -0.2) is 28.9 Å². The largest absolute Gasteiger partial charge is 0.497 e. The molecule has 0 atom stereocenters. The number of methoxy groups -OCH3 is 1. The summed E-state index contributed by atoms with van der Waals surface area (Å²) >= 11 is 0. The van der Waals surface area contributed by atoms with E-state index in [2.05, 4.69) is 20.6 Å². The molecule has 24 heavy (non-hydrogen) atoms. The van der Waals surface area contributed by atoms with Crippen molar-refractivity contribution in [2.45, 2.75) is 6.54 Å². The number of nitrogens with one attached hydrogen (secondary N) is 3. The molecule has 0 saturated carbocycles. The molecule has 7 nitrogen and oxygen atoms in total. The average molecular weight is 324 g/mol. The van der Waals surface area contributed by atoms with Gasteiger partial charge in [-0.15, -0.1) is 0 Å². The van der Waals surface area contributed by atoms with Crippen LogP contribution in [0.15, 0.2) is 48.8 Å². The number of aromatic amines is 1. The molecule has 7 heteroatoms. The van der Waals surface area contributed by atoms with Crippen LogP contribution < -0.4 is 15.4 Å². The van der Waals surface area contributed by atoms with Gasteiger partial charge in [0, 0.05) is 12.2 Å². The molecule has 2 aromatic carbocycles. The molecular weight excluding hydrogens is 308 g/mol. The number of carbonyl (C=O) groups excluding carboxylic acids is 2. The number of fused-ring (bicyclic) bond motifs is 1. The summed E-state index contributed by atoms with van der Waals surface area (Å²) in [6, 6.07) is 12.4. The van der Waals surface area contributed by atoms with Gasteiger partial charge in [-0.1, -0.05) is 12.1 Å². The molecule has 1 aromatic heterocycles. The standard InChI is InChI=1S/C17H16N4O3/c1-24-13-5-2-11(3-6-13)9-18-16(22)17(23)21-12-4-7-14-15(8-12)20-10-19-14/h2-8,10H,9H2,1H3,(H,18,22)(H,19,20)(H,21,23). The van der Waals surface area contributed by atoms with Gasteiger partial charge in [0.25, 0.3) is 0 Å². The van der Waals surface area contributed by atoms with Crippen molar-refractivity contribution in [1.82, 2.24) is 15.3 Å². The second kappa shape index (κ2) is 6.82. The molecule has 0 aliphatic heterocycles. The molecule has 1 heterocycles. The van der Waals surface area contributed by atoms with Crippen molar-refractivity contribution in [3.05, 3.63) is 54.4 Å². The quantitative estimate of drug-likeness (QED) is 0.638. The number of anilines is 1. The van der Waals surface area contributed by atoms with Gasteiger partial charge >= 0.3 is 11.8 Å². The Morgan fingerprint density at radius 1 is 1.12 bits per heavy atom. The first-order valence-electron chi connectivity index (χ1n) is 7.31. The Hall–Kier alpha value is -3.35. The molecule has 0 fully saturated rings. The summed E-state index contributed by atoms with van der Waals surface area (Å²) in [5, 5.41) is 5.14. The van der Waals surface area contributed by atoms with Gasteiger partial charge in [-0.2, -0.15) is 0 Å². The van der Waals surface area contributed by atoms with E-state index in [0.29, 0.717) is 5.69 Å². The first-order chi connectivity index (χ1) is 11.7. The number of benzene rings is 2. The van der Waals surface area contributed by atoms with Crippen molar-refractivity contribution in [2.75, 3.05) is 12.4 Å².